The number of benzene rings is 2. The van der Waals surface area contributed by atoms with Crippen molar-refractivity contribution in [1.29, 1.82) is 0 Å². The van der Waals surface area contributed by atoms with Crippen LogP contribution in [0.4, 0.5) is 5.69 Å². The highest BCUT2D eigenvalue weighted by atomic mass is 16.6. The van der Waals surface area contributed by atoms with Crippen LogP contribution in [0.1, 0.15) is 36.3 Å². The fourth-order valence-electron chi connectivity index (χ4n) is 3.92. The average molecular weight is 395 g/mol. The second-order valence-electron chi connectivity index (χ2n) is 6.84. The van der Waals surface area contributed by atoms with Crippen LogP contribution >= 0.6 is 0 Å². The number of non-ortho nitro benzene ring substituents is 1. The molecule has 2 aromatic rings. The van der Waals surface area contributed by atoms with Crippen LogP contribution in [0.2, 0.25) is 0 Å². The maximum Gasteiger partial charge on any atom is 0.338 e. The molecule has 3 rings (SSSR count). The van der Waals surface area contributed by atoms with Gasteiger partial charge in [0.2, 0.25) is 0 Å². The Morgan fingerprint density at radius 1 is 1.17 bits per heavy atom. The Bertz CT molecular complexity index is 936. The third-order valence-corrected chi connectivity index (χ3v) is 5.23. The number of aliphatic hydroxyl groups is 1. The number of esters is 1. The molecule has 2 aromatic carbocycles. The molecule has 0 amide bonds. The van der Waals surface area contributed by atoms with Crippen molar-refractivity contribution < 1.29 is 24.4 Å². The Labute approximate surface area is 167 Å². The standard InChI is InChI=1S/C22H21NO6/c1-2-29-22(26)21-19(25)12-17(14-6-4-3-5-7-14)18(13-24)20(21)15-8-10-16(11-9-15)23(27)28/h3-11,13,17-18,20,25H,2,12H2,1H3/t17-,18+,20-/m1/s1. The van der Waals surface area contributed by atoms with Crippen LogP contribution < -0.4 is 0 Å². The van der Waals surface area contributed by atoms with Gasteiger partial charge >= 0.3 is 5.97 Å². The molecule has 0 saturated carbocycles. The number of nitro groups is 1. The van der Waals surface area contributed by atoms with E-state index < -0.39 is 22.7 Å². The van der Waals surface area contributed by atoms with E-state index in [-0.39, 0.29) is 36.0 Å². The van der Waals surface area contributed by atoms with Crippen molar-refractivity contribution in [3.8, 4) is 0 Å². The number of carbonyl (C=O) groups is 2. The van der Waals surface area contributed by atoms with E-state index >= 15 is 0 Å². The number of nitro benzene ring substituents is 1. The zero-order valence-corrected chi connectivity index (χ0v) is 15.9. The van der Waals surface area contributed by atoms with Crippen molar-refractivity contribution in [3.05, 3.63) is 87.2 Å². The van der Waals surface area contributed by atoms with Crippen molar-refractivity contribution >= 4 is 17.9 Å². The number of hydrogen-bond donors (Lipinski definition) is 1. The lowest BCUT2D eigenvalue weighted by molar-refractivity contribution is -0.384. The monoisotopic (exact) mass is 395 g/mol. The number of rotatable bonds is 6. The van der Waals surface area contributed by atoms with Crippen molar-refractivity contribution in [1.82, 2.24) is 0 Å². The molecule has 0 saturated heterocycles. The summed E-state index contributed by atoms with van der Waals surface area (Å²) in [7, 11) is 0. The molecule has 1 aliphatic carbocycles. The fraction of sp³-hybridized carbons (Fsp3) is 0.273. The molecule has 7 heteroatoms. The highest BCUT2D eigenvalue weighted by Crippen LogP contribution is 2.48. The first-order valence-electron chi connectivity index (χ1n) is 9.31. The summed E-state index contributed by atoms with van der Waals surface area (Å²) in [5.41, 5.74) is 1.33. The van der Waals surface area contributed by atoms with Gasteiger partial charge in [-0.05, 0) is 18.1 Å². The second kappa shape index (κ2) is 8.68. The number of aldehydes is 1. The fourth-order valence-corrected chi connectivity index (χ4v) is 3.92. The number of aliphatic hydroxyl groups excluding tert-OH is 1. The summed E-state index contributed by atoms with van der Waals surface area (Å²) in [5.74, 6) is -2.57. The molecular weight excluding hydrogens is 374 g/mol. The summed E-state index contributed by atoms with van der Waals surface area (Å²) in [4.78, 5) is 35.2. The maximum absolute atomic E-state index is 12.6. The predicted molar refractivity (Wildman–Crippen MR) is 105 cm³/mol. The minimum Gasteiger partial charge on any atom is -0.512 e. The highest BCUT2D eigenvalue weighted by Gasteiger charge is 2.43. The van der Waals surface area contributed by atoms with E-state index in [4.69, 9.17) is 4.74 Å². The summed E-state index contributed by atoms with van der Waals surface area (Å²) in [6, 6.07) is 15.0. The minimum atomic E-state index is -0.772. The molecule has 0 fully saturated rings. The quantitative estimate of drug-likeness (QED) is 0.342. The van der Waals surface area contributed by atoms with Crippen molar-refractivity contribution in [2.45, 2.75) is 25.2 Å². The summed E-state index contributed by atoms with van der Waals surface area (Å²) in [5, 5.41) is 21.7. The van der Waals surface area contributed by atoms with Gasteiger partial charge in [-0.1, -0.05) is 42.5 Å². The highest BCUT2D eigenvalue weighted by molar-refractivity contribution is 5.92. The lowest BCUT2D eigenvalue weighted by Crippen LogP contribution is -2.33. The molecule has 1 aliphatic rings. The Kier molecular flexibility index (Phi) is 6.07. The molecule has 0 radical (unpaired) electrons. The number of carbonyl (C=O) groups excluding carboxylic acids is 2. The van der Waals surface area contributed by atoms with Gasteiger partial charge in [0.05, 0.1) is 17.1 Å². The van der Waals surface area contributed by atoms with E-state index in [9.17, 15) is 24.8 Å². The molecule has 0 heterocycles. The lowest BCUT2D eigenvalue weighted by atomic mass is 9.67. The number of allylic oxidation sites excluding steroid dienone is 1. The average Bonchev–Trinajstić information content (AvgIpc) is 2.73. The van der Waals surface area contributed by atoms with Crippen molar-refractivity contribution in [3.63, 3.8) is 0 Å². The first-order chi connectivity index (χ1) is 14.0. The first kappa shape index (κ1) is 20.3. The molecule has 0 unspecified atom stereocenters. The SMILES string of the molecule is CCOC(=O)C1=C(O)C[C@H](c2ccccc2)[C@H](C=O)[C@H]1c1ccc([N+](=O)[O-])cc1. The van der Waals surface area contributed by atoms with Gasteiger partial charge in [0.1, 0.15) is 12.0 Å². The zero-order valence-electron chi connectivity index (χ0n) is 15.9. The number of hydrogen-bond acceptors (Lipinski definition) is 6. The molecule has 0 spiro atoms. The lowest BCUT2D eigenvalue weighted by Gasteiger charge is -2.36. The van der Waals surface area contributed by atoms with Gasteiger partial charge < -0.3 is 14.6 Å². The third kappa shape index (κ3) is 4.03. The van der Waals surface area contributed by atoms with Gasteiger partial charge in [0, 0.05) is 36.3 Å². The number of nitrogens with zero attached hydrogens (tertiary/aromatic N) is 1. The van der Waals surface area contributed by atoms with Crippen LogP contribution in [0.5, 0.6) is 0 Å². The van der Waals surface area contributed by atoms with Gasteiger partial charge in [0.15, 0.2) is 0 Å². The predicted octanol–water partition coefficient (Wildman–Crippen LogP) is 4.06. The van der Waals surface area contributed by atoms with E-state index in [2.05, 4.69) is 0 Å². The summed E-state index contributed by atoms with van der Waals surface area (Å²) < 4.78 is 5.12. The van der Waals surface area contributed by atoms with E-state index in [0.717, 1.165) is 11.8 Å². The molecule has 1 N–H and O–H groups in total. The van der Waals surface area contributed by atoms with E-state index in [0.29, 0.717) is 5.56 Å². The number of ether oxygens (including phenoxy) is 1. The van der Waals surface area contributed by atoms with Crippen LogP contribution in [-0.2, 0) is 14.3 Å². The zero-order chi connectivity index (χ0) is 21.0. The summed E-state index contributed by atoms with van der Waals surface area (Å²) in [6.45, 7) is 1.78. The first-order valence-corrected chi connectivity index (χ1v) is 9.31. The van der Waals surface area contributed by atoms with Crippen LogP contribution in [0.3, 0.4) is 0 Å². The van der Waals surface area contributed by atoms with E-state index in [1.165, 1.54) is 24.3 Å². The van der Waals surface area contributed by atoms with E-state index in [1.54, 1.807) is 6.92 Å². The molecule has 0 aliphatic heterocycles. The summed E-state index contributed by atoms with van der Waals surface area (Å²) >= 11 is 0. The Morgan fingerprint density at radius 3 is 2.38 bits per heavy atom. The van der Waals surface area contributed by atoms with Gasteiger partial charge in [-0.15, -0.1) is 0 Å². The Morgan fingerprint density at radius 2 is 1.83 bits per heavy atom. The molecule has 0 aromatic heterocycles. The minimum absolute atomic E-state index is 0.0324. The third-order valence-electron chi connectivity index (χ3n) is 5.23. The molecular formula is C22H21NO6. The van der Waals surface area contributed by atoms with Crippen molar-refractivity contribution in [2.75, 3.05) is 6.61 Å². The molecule has 3 atom stereocenters. The van der Waals surface area contributed by atoms with Crippen LogP contribution in [0.25, 0.3) is 0 Å². The second-order valence-corrected chi connectivity index (χ2v) is 6.84. The van der Waals surface area contributed by atoms with Crippen LogP contribution in [0, 0.1) is 16.0 Å². The smallest absolute Gasteiger partial charge is 0.338 e. The maximum atomic E-state index is 12.6. The Balaban J connectivity index is 2.14. The molecule has 29 heavy (non-hydrogen) atoms. The normalized spacial score (nSPS) is 21.5. The summed E-state index contributed by atoms with van der Waals surface area (Å²) in [6.07, 6.45) is 0.917. The van der Waals surface area contributed by atoms with Crippen molar-refractivity contribution in [2.24, 2.45) is 5.92 Å². The van der Waals surface area contributed by atoms with Crippen LogP contribution in [0.15, 0.2) is 65.9 Å². The molecule has 7 nitrogen and oxygen atoms in total. The molecule has 0 bridgehead atoms. The van der Waals surface area contributed by atoms with E-state index in [1.807, 2.05) is 30.3 Å². The van der Waals surface area contributed by atoms with Gasteiger partial charge in [0.25, 0.3) is 5.69 Å². The van der Waals surface area contributed by atoms with Gasteiger partial charge in [-0.3, -0.25) is 10.1 Å². The van der Waals surface area contributed by atoms with Gasteiger partial charge in [-0.2, -0.15) is 0 Å². The van der Waals surface area contributed by atoms with Crippen LogP contribution in [-0.4, -0.2) is 28.9 Å². The largest absolute Gasteiger partial charge is 0.512 e. The molecule has 150 valence electrons. The topological polar surface area (TPSA) is 107 Å². The van der Waals surface area contributed by atoms with Gasteiger partial charge in [-0.25, -0.2) is 4.79 Å². The Hall–Kier alpha value is -3.48.